The topological polar surface area (TPSA) is 57.6 Å². The highest BCUT2D eigenvalue weighted by atomic mass is 79.9. The molecule has 2 rings (SSSR count). The van der Waals surface area contributed by atoms with Gasteiger partial charge in [0.1, 0.15) is 6.29 Å². The molecule has 0 spiro atoms. The molecule has 0 unspecified atom stereocenters. The van der Waals surface area contributed by atoms with E-state index in [0.717, 1.165) is 0 Å². The van der Waals surface area contributed by atoms with Gasteiger partial charge in [-0.1, -0.05) is 22.5 Å². The van der Waals surface area contributed by atoms with Crippen LogP contribution in [0.25, 0.3) is 0 Å². The number of hydrogen-bond donors (Lipinski definition) is 1. The van der Waals surface area contributed by atoms with E-state index in [-0.39, 0.29) is 5.57 Å². The second-order valence-corrected chi connectivity index (χ2v) is 5.77. The summed E-state index contributed by atoms with van der Waals surface area (Å²) >= 11 is 6.63. The lowest BCUT2D eigenvalue weighted by Gasteiger charge is -2.20. The maximum absolute atomic E-state index is 12.2. The Hall–Kier alpha value is -0.980. The number of aldehydes is 1. The summed E-state index contributed by atoms with van der Waals surface area (Å²) in [5.74, 6) is -0.589. The zero-order valence-corrected chi connectivity index (χ0v) is 12.6. The fourth-order valence-electron chi connectivity index (χ4n) is 2.04. The molecule has 1 amide bonds. The number of fused-ring (bicyclic) bond motifs is 1. The van der Waals surface area contributed by atoms with E-state index < -0.39 is 11.5 Å². The number of nitrogens with zero attached hydrogens (tertiary/aromatic N) is 1. The molecule has 1 aromatic rings. The minimum atomic E-state index is -1.99. The zero-order chi connectivity index (χ0) is 13.7. The first-order valence-corrected chi connectivity index (χ1v) is 6.57. The van der Waals surface area contributed by atoms with Gasteiger partial charge in [-0.2, -0.15) is 0 Å². The minimum absolute atomic E-state index is 0.178. The molecule has 0 saturated heterocycles. The Kier molecular flexibility index (Phi) is 3.21. The Morgan fingerprint density at radius 1 is 1.50 bits per heavy atom. The van der Waals surface area contributed by atoms with E-state index in [1.165, 1.54) is 11.9 Å². The summed E-state index contributed by atoms with van der Waals surface area (Å²) < 4.78 is 1.34. The molecule has 0 radical (unpaired) electrons. The van der Waals surface area contributed by atoms with E-state index in [4.69, 9.17) is 0 Å². The summed E-state index contributed by atoms with van der Waals surface area (Å²) in [7, 11) is 1.54. The van der Waals surface area contributed by atoms with Crippen LogP contribution in [0, 0.1) is 0 Å². The molecule has 1 heterocycles. The quantitative estimate of drug-likeness (QED) is 0.637. The molecule has 1 aromatic carbocycles. The first kappa shape index (κ1) is 13.5. The number of likely N-dealkylation sites (N-methyl/N-ethyl adjacent to an activating group) is 1. The molecule has 1 aliphatic rings. The van der Waals surface area contributed by atoms with Crippen molar-refractivity contribution in [3.8, 4) is 0 Å². The molecule has 0 saturated carbocycles. The first-order chi connectivity index (χ1) is 8.33. The number of aliphatic hydroxyl groups is 1. The Labute approximate surface area is 121 Å². The third-order valence-corrected chi connectivity index (χ3v) is 4.04. The van der Waals surface area contributed by atoms with Crippen LogP contribution in [0.5, 0.6) is 0 Å². The molecule has 1 N–H and O–H groups in total. The van der Waals surface area contributed by atoms with Gasteiger partial charge in [0.15, 0.2) is 5.60 Å². The molecule has 1 aliphatic heterocycles. The van der Waals surface area contributed by atoms with Gasteiger partial charge in [0.25, 0.3) is 5.91 Å². The maximum Gasteiger partial charge on any atom is 0.268 e. The summed E-state index contributed by atoms with van der Waals surface area (Å²) in [6.07, 6.45) is 0.398. The van der Waals surface area contributed by atoms with Crippen LogP contribution in [0.15, 0.2) is 33.2 Å². The van der Waals surface area contributed by atoms with Gasteiger partial charge in [-0.25, -0.2) is 0 Å². The lowest BCUT2D eigenvalue weighted by Crippen LogP contribution is -2.40. The molecule has 4 nitrogen and oxygen atoms in total. The van der Waals surface area contributed by atoms with E-state index in [0.29, 0.717) is 26.5 Å². The highest BCUT2D eigenvalue weighted by Gasteiger charge is 2.51. The van der Waals surface area contributed by atoms with Gasteiger partial charge in [0.2, 0.25) is 0 Å². The van der Waals surface area contributed by atoms with Crippen molar-refractivity contribution in [3.05, 3.63) is 38.8 Å². The number of carbonyl (C=O) groups is 2. The number of carbonyl (C=O) groups excluding carboxylic acids is 2. The van der Waals surface area contributed by atoms with Gasteiger partial charge in [-0.3, -0.25) is 9.59 Å². The average molecular weight is 375 g/mol. The monoisotopic (exact) mass is 373 g/mol. The number of benzene rings is 1. The zero-order valence-electron chi connectivity index (χ0n) is 9.41. The third kappa shape index (κ3) is 1.60. The first-order valence-electron chi connectivity index (χ1n) is 4.98. The number of anilines is 1. The van der Waals surface area contributed by atoms with Crippen molar-refractivity contribution in [2.45, 2.75) is 5.60 Å². The Balaban J connectivity index is 2.80. The van der Waals surface area contributed by atoms with Crippen molar-refractivity contribution >= 4 is 49.7 Å². The number of amides is 1. The average Bonchev–Trinajstić information content (AvgIpc) is 2.51. The standard InChI is InChI=1S/C12H9Br2NO3/c1-6(5-16)12(18)8-3-7(13)4-9(14)10(8)15(2)11(12)17/h3-5,18H,1H2,2H3/t12-/m0/s1. The fourth-order valence-corrected chi connectivity index (χ4v) is 3.53. The summed E-state index contributed by atoms with van der Waals surface area (Å²) in [5, 5.41) is 10.5. The van der Waals surface area contributed by atoms with Gasteiger partial charge in [0.05, 0.1) is 5.69 Å². The maximum atomic E-state index is 12.2. The molecular weight excluding hydrogens is 366 g/mol. The molecule has 6 heteroatoms. The predicted octanol–water partition coefficient (Wildman–Crippen LogP) is 2.13. The largest absolute Gasteiger partial charge is 0.372 e. The van der Waals surface area contributed by atoms with Crippen molar-refractivity contribution in [2.75, 3.05) is 11.9 Å². The van der Waals surface area contributed by atoms with Crippen LogP contribution < -0.4 is 4.90 Å². The van der Waals surface area contributed by atoms with E-state index >= 15 is 0 Å². The van der Waals surface area contributed by atoms with E-state index in [2.05, 4.69) is 38.4 Å². The minimum Gasteiger partial charge on any atom is -0.372 e. The fraction of sp³-hybridized carbons (Fsp3) is 0.167. The molecule has 0 fully saturated rings. The Morgan fingerprint density at radius 3 is 2.67 bits per heavy atom. The molecular formula is C12H9Br2NO3. The SMILES string of the molecule is C=C(C=O)[C@@]1(O)C(=O)N(C)c2c(Br)cc(Br)cc21. The number of hydrogen-bond acceptors (Lipinski definition) is 3. The summed E-state index contributed by atoms with van der Waals surface area (Å²) in [5.41, 5.74) is -1.29. The van der Waals surface area contributed by atoms with Crippen LogP contribution >= 0.6 is 31.9 Å². The summed E-state index contributed by atoms with van der Waals surface area (Å²) in [6, 6.07) is 3.37. The lowest BCUT2D eigenvalue weighted by molar-refractivity contribution is -0.133. The number of halogens is 2. The van der Waals surface area contributed by atoms with Gasteiger partial charge in [-0.15, -0.1) is 0 Å². The van der Waals surface area contributed by atoms with E-state index in [1.54, 1.807) is 12.1 Å². The van der Waals surface area contributed by atoms with E-state index in [9.17, 15) is 14.7 Å². The van der Waals surface area contributed by atoms with Crippen LogP contribution in [0.2, 0.25) is 0 Å². The lowest BCUT2D eigenvalue weighted by atomic mass is 9.89. The van der Waals surface area contributed by atoms with E-state index in [1.807, 2.05) is 0 Å². The van der Waals surface area contributed by atoms with Crippen LogP contribution in [-0.4, -0.2) is 24.3 Å². The van der Waals surface area contributed by atoms with Gasteiger partial charge in [0, 0.05) is 27.1 Å². The summed E-state index contributed by atoms with van der Waals surface area (Å²) in [4.78, 5) is 24.3. The third-order valence-electron chi connectivity index (χ3n) is 2.97. The highest BCUT2D eigenvalue weighted by molar-refractivity contribution is 9.11. The smallest absolute Gasteiger partial charge is 0.268 e. The van der Waals surface area contributed by atoms with Crippen LogP contribution in [0.4, 0.5) is 5.69 Å². The molecule has 94 valence electrons. The van der Waals surface area contributed by atoms with Gasteiger partial charge < -0.3 is 10.0 Å². The van der Waals surface area contributed by atoms with Crippen molar-refractivity contribution in [1.82, 2.24) is 0 Å². The molecule has 0 aromatic heterocycles. The Morgan fingerprint density at radius 2 is 2.11 bits per heavy atom. The van der Waals surface area contributed by atoms with Gasteiger partial charge >= 0.3 is 0 Å². The highest BCUT2D eigenvalue weighted by Crippen LogP contribution is 2.47. The predicted molar refractivity (Wildman–Crippen MR) is 74.4 cm³/mol. The molecule has 0 aliphatic carbocycles. The van der Waals surface area contributed by atoms with Crippen molar-refractivity contribution in [1.29, 1.82) is 0 Å². The second kappa shape index (κ2) is 4.29. The molecule has 1 atom stereocenters. The summed E-state index contributed by atoms with van der Waals surface area (Å²) in [6.45, 7) is 3.47. The second-order valence-electron chi connectivity index (χ2n) is 4.00. The number of rotatable bonds is 2. The van der Waals surface area contributed by atoms with Crippen molar-refractivity contribution in [2.24, 2.45) is 0 Å². The van der Waals surface area contributed by atoms with Crippen molar-refractivity contribution < 1.29 is 14.7 Å². The van der Waals surface area contributed by atoms with Crippen LogP contribution in [0.3, 0.4) is 0 Å². The van der Waals surface area contributed by atoms with Crippen LogP contribution in [-0.2, 0) is 15.2 Å². The normalized spacial score (nSPS) is 22.0. The Bertz CT molecular complexity index is 585. The van der Waals surface area contributed by atoms with Crippen molar-refractivity contribution in [3.63, 3.8) is 0 Å². The van der Waals surface area contributed by atoms with Crippen LogP contribution in [0.1, 0.15) is 5.56 Å². The van der Waals surface area contributed by atoms with Gasteiger partial charge in [-0.05, 0) is 28.1 Å². The molecule has 18 heavy (non-hydrogen) atoms. The molecule has 0 bridgehead atoms.